The van der Waals surface area contributed by atoms with Gasteiger partial charge in [-0.15, -0.1) is 0 Å². The molecule has 0 aliphatic heterocycles. The summed E-state index contributed by atoms with van der Waals surface area (Å²) >= 11 is 0. The summed E-state index contributed by atoms with van der Waals surface area (Å²) in [5.74, 6) is 0. The SMILES string of the molecule is O=P(O)(COS(=O)(=O)C(F)(F)F)OC(c1ccccc1)c1ccccc1. The van der Waals surface area contributed by atoms with Crippen LogP contribution in [0.3, 0.4) is 0 Å². The molecule has 11 heteroatoms. The number of hydrogen-bond acceptors (Lipinski definition) is 5. The molecule has 0 saturated heterocycles. The molecule has 0 amide bonds. The van der Waals surface area contributed by atoms with Gasteiger partial charge in [0, 0.05) is 0 Å². The van der Waals surface area contributed by atoms with Crippen LogP contribution in [0, 0.1) is 0 Å². The summed E-state index contributed by atoms with van der Waals surface area (Å²) in [4.78, 5) is 9.81. The zero-order valence-electron chi connectivity index (χ0n) is 13.0. The summed E-state index contributed by atoms with van der Waals surface area (Å²) in [7, 11) is -10.9. The van der Waals surface area contributed by atoms with Gasteiger partial charge in [-0.2, -0.15) is 21.6 Å². The quantitative estimate of drug-likeness (QED) is 0.424. The first kappa shape index (κ1) is 20.6. The highest BCUT2D eigenvalue weighted by Crippen LogP contribution is 2.49. The van der Waals surface area contributed by atoms with Gasteiger partial charge < -0.3 is 4.89 Å². The maximum atomic E-state index is 12.3. The molecule has 0 saturated carbocycles. The average Bonchev–Trinajstić information content (AvgIpc) is 2.59. The van der Waals surface area contributed by atoms with E-state index in [1.165, 1.54) is 0 Å². The summed E-state index contributed by atoms with van der Waals surface area (Å²) in [6, 6.07) is 16.3. The largest absolute Gasteiger partial charge is 0.523 e. The minimum atomic E-state index is -6.01. The lowest BCUT2D eigenvalue weighted by molar-refractivity contribution is -0.0534. The third-order valence-electron chi connectivity index (χ3n) is 3.13. The Morgan fingerprint density at radius 2 is 1.38 bits per heavy atom. The molecule has 0 aliphatic rings. The average molecular weight is 410 g/mol. The van der Waals surface area contributed by atoms with Crippen LogP contribution in [0.2, 0.25) is 0 Å². The van der Waals surface area contributed by atoms with Crippen molar-refractivity contribution >= 4 is 17.7 Å². The Hall–Kier alpha value is -1.71. The van der Waals surface area contributed by atoms with Crippen molar-refractivity contribution in [3.8, 4) is 0 Å². The molecule has 1 atom stereocenters. The number of hydrogen-bond donors (Lipinski definition) is 1. The lowest BCUT2D eigenvalue weighted by Crippen LogP contribution is -2.26. The molecule has 0 fully saturated rings. The standard InChI is InChI=1S/C15H14F3O6PS/c16-15(17,18)26(21,22)23-11-25(19,20)24-14(12-7-3-1-4-8-12)13-9-5-2-6-10-13/h1-10,14H,11H2,(H,19,20). The van der Waals surface area contributed by atoms with Crippen LogP contribution < -0.4 is 0 Å². The van der Waals surface area contributed by atoms with Crippen LogP contribution in [0.5, 0.6) is 0 Å². The van der Waals surface area contributed by atoms with Crippen molar-refractivity contribution in [2.45, 2.75) is 11.6 Å². The van der Waals surface area contributed by atoms with Gasteiger partial charge in [0.05, 0.1) is 0 Å². The van der Waals surface area contributed by atoms with Gasteiger partial charge in [-0.3, -0.25) is 13.3 Å². The van der Waals surface area contributed by atoms with E-state index < -0.39 is 35.7 Å². The fourth-order valence-corrected chi connectivity index (χ4v) is 3.82. The second-order valence-corrected chi connectivity index (χ2v) is 8.44. The van der Waals surface area contributed by atoms with E-state index in [9.17, 15) is 31.0 Å². The van der Waals surface area contributed by atoms with Gasteiger partial charge in [-0.05, 0) is 11.1 Å². The summed E-state index contributed by atoms with van der Waals surface area (Å²) < 4.78 is 79.4. The highest BCUT2D eigenvalue weighted by molar-refractivity contribution is 7.87. The van der Waals surface area contributed by atoms with Crippen molar-refractivity contribution < 1.29 is 39.8 Å². The predicted octanol–water partition coefficient (Wildman–Crippen LogP) is 3.80. The van der Waals surface area contributed by atoms with Crippen molar-refractivity contribution in [2.24, 2.45) is 0 Å². The van der Waals surface area contributed by atoms with E-state index in [2.05, 4.69) is 4.18 Å². The van der Waals surface area contributed by atoms with Gasteiger partial charge >= 0.3 is 23.2 Å². The van der Waals surface area contributed by atoms with E-state index in [0.717, 1.165) is 0 Å². The van der Waals surface area contributed by atoms with Crippen LogP contribution in [-0.2, 0) is 23.4 Å². The number of alkyl halides is 3. The first-order chi connectivity index (χ1) is 12.0. The van der Waals surface area contributed by atoms with Crippen molar-refractivity contribution in [1.29, 1.82) is 0 Å². The Morgan fingerprint density at radius 3 is 1.77 bits per heavy atom. The summed E-state index contributed by atoms with van der Waals surface area (Å²) in [6.07, 6.45) is -2.77. The minimum Gasteiger partial charge on any atom is -0.323 e. The van der Waals surface area contributed by atoms with Crippen LogP contribution in [0.25, 0.3) is 0 Å². The van der Waals surface area contributed by atoms with E-state index in [1.54, 1.807) is 60.7 Å². The molecule has 142 valence electrons. The fraction of sp³-hybridized carbons (Fsp3) is 0.200. The Bertz CT molecular complexity index is 832. The monoisotopic (exact) mass is 410 g/mol. The summed E-state index contributed by atoms with van der Waals surface area (Å²) in [5, 5.41) is 0. The zero-order chi connectivity index (χ0) is 19.4. The van der Waals surface area contributed by atoms with Crippen LogP contribution in [0.4, 0.5) is 13.2 Å². The maximum Gasteiger partial charge on any atom is 0.523 e. The highest BCUT2D eigenvalue weighted by atomic mass is 32.2. The third-order valence-corrected chi connectivity index (χ3v) is 5.29. The second kappa shape index (κ2) is 7.89. The van der Waals surface area contributed by atoms with Crippen LogP contribution in [0.1, 0.15) is 17.2 Å². The zero-order valence-corrected chi connectivity index (χ0v) is 14.7. The molecule has 0 radical (unpaired) electrons. The molecule has 0 heterocycles. The van der Waals surface area contributed by atoms with Gasteiger partial charge in [-0.1, -0.05) is 60.7 Å². The highest BCUT2D eigenvalue weighted by Gasteiger charge is 2.48. The van der Waals surface area contributed by atoms with Crippen molar-refractivity contribution in [1.82, 2.24) is 0 Å². The first-order valence-electron chi connectivity index (χ1n) is 7.08. The van der Waals surface area contributed by atoms with E-state index in [1.807, 2.05) is 0 Å². The second-order valence-electron chi connectivity index (χ2n) is 5.09. The molecular formula is C15H14F3O6PS. The van der Waals surface area contributed by atoms with Crippen LogP contribution in [0.15, 0.2) is 60.7 Å². The van der Waals surface area contributed by atoms with Gasteiger partial charge in [0.2, 0.25) is 0 Å². The van der Waals surface area contributed by atoms with Crippen LogP contribution >= 0.6 is 7.60 Å². The maximum absolute atomic E-state index is 12.3. The minimum absolute atomic E-state index is 0.451. The molecule has 0 aliphatic carbocycles. The molecule has 2 aromatic carbocycles. The number of benzene rings is 2. The van der Waals surface area contributed by atoms with Crippen molar-refractivity contribution in [2.75, 3.05) is 6.35 Å². The lowest BCUT2D eigenvalue weighted by Gasteiger charge is -2.22. The topological polar surface area (TPSA) is 89.9 Å². The van der Waals surface area contributed by atoms with E-state index >= 15 is 0 Å². The molecule has 0 spiro atoms. The molecule has 6 nitrogen and oxygen atoms in total. The third kappa shape index (κ3) is 5.39. The Labute approximate surface area is 147 Å². The molecule has 2 aromatic rings. The van der Waals surface area contributed by atoms with Crippen molar-refractivity contribution in [3.05, 3.63) is 71.8 Å². The van der Waals surface area contributed by atoms with Gasteiger partial charge in [-0.25, -0.2) is 0 Å². The van der Waals surface area contributed by atoms with Gasteiger partial charge in [0.1, 0.15) is 6.10 Å². The smallest absolute Gasteiger partial charge is 0.323 e. The Morgan fingerprint density at radius 1 is 0.962 bits per heavy atom. The molecular weight excluding hydrogens is 396 g/mol. The van der Waals surface area contributed by atoms with Gasteiger partial charge in [0.15, 0.2) is 6.35 Å². The summed E-state index contributed by atoms with van der Waals surface area (Å²) in [6.45, 7) is 0. The molecule has 0 bridgehead atoms. The molecule has 0 aromatic heterocycles. The number of halogens is 3. The molecule has 1 unspecified atom stereocenters. The van der Waals surface area contributed by atoms with E-state index in [4.69, 9.17) is 4.52 Å². The molecule has 2 rings (SSSR count). The van der Waals surface area contributed by atoms with Crippen molar-refractivity contribution in [3.63, 3.8) is 0 Å². The van der Waals surface area contributed by atoms with E-state index in [0.29, 0.717) is 11.1 Å². The predicted molar refractivity (Wildman–Crippen MR) is 86.6 cm³/mol. The first-order valence-corrected chi connectivity index (χ1v) is 10.2. The fourth-order valence-electron chi connectivity index (χ4n) is 1.97. The Kier molecular flexibility index (Phi) is 6.25. The number of rotatable bonds is 7. The molecule has 26 heavy (non-hydrogen) atoms. The normalized spacial score (nSPS) is 15.0. The Balaban J connectivity index is 2.24. The van der Waals surface area contributed by atoms with Gasteiger partial charge in [0.25, 0.3) is 0 Å². The van der Waals surface area contributed by atoms with E-state index in [-0.39, 0.29) is 0 Å². The van der Waals surface area contributed by atoms with Crippen LogP contribution in [-0.4, -0.2) is 25.2 Å². The lowest BCUT2D eigenvalue weighted by atomic mass is 10.0. The molecule has 1 N–H and O–H groups in total. The summed E-state index contributed by atoms with van der Waals surface area (Å²) in [5.41, 5.74) is -4.80.